The zero-order valence-corrected chi connectivity index (χ0v) is 20.2. The summed E-state index contributed by atoms with van der Waals surface area (Å²) in [6.45, 7) is 1.39. The summed E-state index contributed by atoms with van der Waals surface area (Å²) in [6, 6.07) is 12.5. The zero-order chi connectivity index (χ0) is 23.9. The standard InChI is InChI=1S/C25H23N3O4S2/c1-16-6-10-20(11-7-16)34(31,32)27-22(29)13-28-15-26-24-23(25(28)30)21(14-33-24)19-9-8-17-4-2-3-5-18(17)12-19/h6-12,14-15H,2-5,13H2,1H3,(H,27,29). The SMILES string of the molecule is Cc1ccc(S(=O)(=O)NC(=O)Cn2cnc3scc(-c4ccc5c(c4)CCCC5)c3c2=O)cc1. The minimum absolute atomic E-state index is 0.0140. The van der Waals surface area contributed by atoms with E-state index in [1.54, 1.807) is 12.1 Å². The summed E-state index contributed by atoms with van der Waals surface area (Å²) in [4.78, 5) is 30.7. The highest BCUT2D eigenvalue weighted by Gasteiger charge is 2.20. The zero-order valence-electron chi connectivity index (χ0n) is 18.6. The van der Waals surface area contributed by atoms with Crippen LogP contribution in [0.3, 0.4) is 0 Å². The van der Waals surface area contributed by atoms with E-state index < -0.39 is 22.5 Å². The van der Waals surface area contributed by atoms with Crippen LogP contribution in [0.4, 0.5) is 0 Å². The van der Waals surface area contributed by atoms with Crippen LogP contribution in [0.5, 0.6) is 0 Å². The number of aryl methyl sites for hydroxylation is 3. The lowest BCUT2D eigenvalue weighted by Crippen LogP contribution is -2.36. The van der Waals surface area contributed by atoms with Crippen LogP contribution in [0.2, 0.25) is 0 Å². The molecule has 0 saturated carbocycles. The first kappa shape index (κ1) is 22.5. The van der Waals surface area contributed by atoms with E-state index in [2.05, 4.69) is 17.1 Å². The Hall–Kier alpha value is -3.30. The van der Waals surface area contributed by atoms with E-state index in [4.69, 9.17) is 0 Å². The Labute approximate surface area is 201 Å². The molecule has 1 amide bonds. The molecule has 1 aliphatic rings. The summed E-state index contributed by atoms with van der Waals surface area (Å²) >= 11 is 1.38. The Morgan fingerprint density at radius 2 is 1.82 bits per heavy atom. The van der Waals surface area contributed by atoms with Gasteiger partial charge in [0.25, 0.3) is 21.5 Å². The molecule has 0 aliphatic heterocycles. The molecule has 0 radical (unpaired) electrons. The van der Waals surface area contributed by atoms with E-state index in [9.17, 15) is 18.0 Å². The number of nitrogens with zero attached hydrogens (tertiary/aromatic N) is 2. The van der Waals surface area contributed by atoms with Gasteiger partial charge in [-0.05, 0) is 61.4 Å². The van der Waals surface area contributed by atoms with E-state index in [1.807, 2.05) is 23.1 Å². The van der Waals surface area contributed by atoms with Crippen molar-refractivity contribution in [1.29, 1.82) is 0 Å². The molecule has 2 heterocycles. The van der Waals surface area contributed by atoms with Crippen LogP contribution >= 0.6 is 11.3 Å². The average molecular weight is 494 g/mol. The molecule has 174 valence electrons. The van der Waals surface area contributed by atoms with Crippen molar-refractivity contribution in [1.82, 2.24) is 14.3 Å². The quantitative estimate of drug-likeness (QED) is 0.456. The minimum Gasteiger partial charge on any atom is -0.289 e. The first-order valence-corrected chi connectivity index (χ1v) is 13.4. The third-order valence-corrected chi connectivity index (χ3v) is 8.39. The molecule has 0 unspecified atom stereocenters. The maximum Gasteiger partial charge on any atom is 0.264 e. The molecule has 2 aromatic heterocycles. The summed E-state index contributed by atoms with van der Waals surface area (Å²) in [5.41, 5.74) is 4.94. The molecular formula is C25H23N3O4S2. The Bertz CT molecular complexity index is 1570. The summed E-state index contributed by atoms with van der Waals surface area (Å²) in [5, 5.41) is 2.35. The number of rotatable bonds is 5. The molecule has 0 spiro atoms. The molecule has 7 nitrogen and oxygen atoms in total. The summed E-state index contributed by atoms with van der Waals surface area (Å²) in [5.74, 6) is -0.811. The van der Waals surface area contributed by atoms with Gasteiger partial charge < -0.3 is 0 Å². The van der Waals surface area contributed by atoms with Crippen LogP contribution in [-0.4, -0.2) is 23.9 Å². The maximum absolute atomic E-state index is 13.3. The highest BCUT2D eigenvalue weighted by atomic mass is 32.2. The number of hydrogen-bond donors (Lipinski definition) is 1. The Balaban J connectivity index is 1.44. The number of benzene rings is 2. The Morgan fingerprint density at radius 3 is 2.59 bits per heavy atom. The van der Waals surface area contributed by atoms with Crippen molar-refractivity contribution in [2.45, 2.75) is 44.0 Å². The fraction of sp³-hybridized carbons (Fsp3) is 0.240. The first-order chi connectivity index (χ1) is 16.3. The maximum atomic E-state index is 13.3. The number of carbonyl (C=O) groups is 1. The first-order valence-electron chi connectivity index (χ1n) is 11.0. The number of aromatic nitrogens is 2. The highest BCUT2D eigenvalue weighted by molar-refractivity contribution is 7.90. The van der Waals surface area contributed by atoms with Crippen LogP contribution in [0.15, 0.2) is 63.9 Å². The van der Waals surface area contributed by atoms with E-state index in [1.165, 1.54) is 47.3 Å². The van der Waals surface area contributed by atoms with Crippen molar-refractivity contribution >= 4 is 37.5 Å². The lowest BCUT2D eigenvalue weighted by atomic mass is 9.89. The molecule has 2 aromatic carbocycles. The highest BCUT2D eigenvalue weighted by Crippen LogP contribution is 2.33. The second-order valence-electron chi connectivity index (χ2n) is 8.54. The fourth-order valence-corrected chi connectivity index (χ4v) is 6.19. The molecule has 1 aliphatic carbocycles. The van der Waals surface area contributed by atoms with Gasteiger partial charge in [-0.15, -0.1) is 11.3 Å². The second kappa shape index (κ2) is 8.81. The van der Waals surface area contributed by atoms with Crippen molar-refractivity contribution in [2.75, 3.05) is 0 Å². The van der Waals surface area contributed by atoms with Crippen LogP contribution in [0.25, 0.3) is 21.3 Å². The molecule has 9 heteroatoms. The van der Waals surface area contributed by atoms with Gasteiger partial charge in [-0.3, -0.25) is 14.2 Å². The van der Waals surface area contributed by atoms with Gasteiger partial charge in [-0.2, -0.15) is 0 Å². The monoisotopic (exact) mass is 493 g/mol. The number of fused-ring (bicyclic) bond motifs is 2. The van der Waals surface area contributed by atoms with Crippen molar-refractivity contribution in [3.05, 3.63) is 81.2 Å². The van der Waals surface area contributed by atoms with Crippen LogP contribution in [0, 0.1) is 6.92 Å². The fourth-order valence-electron chi connectivity index (χ4n) is 4.31. The Kier molecular flexibility index (Phi) is 5.83. The van der Waals surface area contributed by atoms with Crippen molar-refractivity contribution < 1.29 is 13.2 Å². The number of hydrogen-bond acceptors (Lipinski definition) is 6. The molecule has 0 fully saturated rings. The van der Waals surface area contributed by atoms with Crippen molar-refractivity contribution in [2.24, 2.45) is 0 Å². The lowest BCUT2D eigenvalue weighted by molar-refractivity contribution is -0.119. The Morgan fingerprint density at radius 1 is 1.09 bits per heavy atom. The molecule has 5 rings (SSSR count). The topological polar surface area (TPSA) is 98.1 Å². The largest absolute Gasteiger partial charge is 0.289 e. The average Bonchev–Trinajstić information content (AvgIpc) is 3.25. The number of sulfonamides is 1. The third-order valence-electron chi connectivity index (χ3n) is 6.11. The minimum atomic E-state index is -4.03. The van der Waals surface area contributed by atoms with E-state index in [0.717, 1.165) is 40.5 Å². The predicted molar refractivity (Wildman–Crippen MR) is 132 cm³/mol. The van der Waals surface area contributed by atoms with Gasteiger partial charge >= 0.3 is 0 Å². The predicted octanol–water partition coefficient (Wildman–Crippen LogP) is 3.82. The molecule has 0 atom stereocenters. The third kappa shape index (κ3) is 4.28. The smallest absolute Gasteiger partial charge is 0.264 e. The van der Waals surface area contributed by atoms with E-state index in [-0.39, 0.29) is 10.5 Å². The molecule has 4 aromatic rings. The van der Waals surface area contributed by atoms with Gasteiger partial charge in [0.15, 0.2) is 0 Å². The summed E-state index contributed by atoms with van der Waals surface area (Å²) < 4.78 is 28.2. The van der Waals surface area contributed by atoms with Crippen LogP contribution in [-0.2, 0) is 34.2 Å². The molecule has 0 saturated heterocycles. The molecule has 0 bridgehead atoms. The van der Waals surface area contributed by atoms with Gasteiger partial charge in [-0.25, -0.2) is 18.1 Å². The van der Waals surface area contributed by atoms with Crippen molar-refractivity contribution in [3.63, 3.8) is 0 Å². The summed E-state index contributed by atoms with van der Waals surface area (Å²) in [7, 11) is -4.03. The lowest BCUT2D eigenvalue weighted by Gasteiger charge is -2.16. The normalized spacial score (nSPS) is 13.6. The van der Waals surface area contributed by atoms with Crippen LogP contribution in [0.1, 0.15) is 29.5 Å². The van der Waals surface area contributed by atoms with E-state index in [0.29, 0.717) is 10.2 Å². The molecular weight excluding hydrogens is 470 g/mol. The van der Waals surface area contributed by atoms with Gasteiger partial charge in [0.2, 0.25) is 0 Å². The van der Waals surface area contributed by atoms with Crippen LogP contribution < -0.4 is 10.3 Å². The van der Waals surface area contributed by atoms with Gasteiger partial charge in [-0.1, -0.05) is 35.9 Å². The number of thiophene rings is 1. The number of nitrogens with one attached hydrogen (secondary N) is 1. The van der Waals surface area contributed by atoms with Crippen molar-refractivity contribution in [3.8, 4) is 11.1 Å². The second-order valence-corrected chi connectivity index (χ2v) is 11.1. The van der Waals surface area contributed by atoms with Gasteiger partial charge in [0.05, 0.1) is 16.6 Å². The number of carbonyl (C=O) groups excluding carboxylic acids is 1. The van der Waals surface area contributed by atoms with Gasteiger partial charge in [0, 0.05) is 10.9 Å². The molecule has 34 heavy (non-hydrogen) atoms. The molecule has 1 N–H and O–H groups in total. The van der Waals surface area contributed by atoms with Gasteiger partial charge in [0.1, 0.15) is 11.4 Å². The summed E-state index contributed by atoms with van der Waals surface area (Å²) in [6.07, 6.45) is 5.76. The van der Waals surface area contributed by atoms with E-state index >= 15 is 0 Å². The number of amides is 1.